The van der Waals surface area contributed by atoms with Crippen molar-refractivity contribution in [3.8, 4) is 0 Å². The first kappa shape index (κ1) is 16.4. The molecule has 0 amide bonds. The van der Waals surface area contributed by atoms with Gasteiger partial charge < -0.3 is 24.1 Å². The zero-order chi connectivity index (χ0) is 15.4. The van der Waals surface area contributed by atoms with E-state index in [1.54, 1.807) is 0 Å². The van der Waals surface area contributed by atoms with Crippen LogP contribution in [0.4, 0.5) is 0 Å². The first-order chi connectivity index (χ1) is 9.22. The number of hydrogen-bond acceptors (Lipinski definition) is 8. The second-order valence-corrected chi connectivity index (χ2v) is 4.45. The Bertz CT molecular complexity index is 365. The Morgan fingerprint density at radius 2 is 1.25 bits per heavy atom. The van der Waals surface area contributed by atoms with Gasteiger partial charge in [-0.25, -0.2) is 0 Å². The minimum atomic E-state index is -1.48. The lowest BCUT2D eigenvalue weighted by Crippen LogP contribution is -2.60. The van der Waals surface area contributed by atoms with Crippen molar-refractivity contribution in [2.24, 2.45) is 0 Å². The summed E-state index contributed by atoms with van der Waals surface area (Å²) in [5.74, 6) is -1.96. The van der Waals surface area contributed by atoms with Gasteiger partial charge in [-0.05, 0) is 6.92 Å². The Hall–Kier alpha value is -1.67. The highest BCUT2D eigenvalue weighted by Gasteiger charge is 2.49. The Kier molecular flexibility index (Phi) is 5.46. The molecular formula is C12H18O8. The molecule has 5 atom stereocenters. The molecule has 1 fully saturated rings. The van der Waals surface area contributed by atoms with Crippen molar-refractivity contribution in [1.29, 1.82) is 0 Å². The third-order valence-corrected chi connectivity index (χ3v) is 2.65. The van der Waals surface area contributed by atoms with Crippen molar-refractivity contribution in [3.63, 3.8) is 0 Å². The maximum Gasteiger partial charge on any atom is 0.303 e. The van der Waals surface area contributed by atoms with Gasteiger partial charge in [0.05, 0.1) is 6.10 Å². The summed E-state index contributed by atoms with van der Waals surface area (Å²) in [5.41, 5.74) is 0. The van der Waals surface area contributed by atoms with Crippen LogP contribution in [0, 0.1) is 0 Å². The minimum absolute atomic E-state index is 0.611. The van der Waals surface area contributed by atoms with Gasteiger partial charge >= 0.3 is 17.9 Å². The van der Waals surface area contributed by atoms with Gasteiger partial charge in [0, 0.05) is 20.8 Å². The highest BCUT2D eigenvalue weighted by atomic mass is 16.7. The number of aliphatic hydroxyl groups excluding tert-OH is 1. The molecule has 0 aromatic rings. The predicted molar refractivity (Wildman–Crippen MR) is 63.2 cm³/mol. The van der Waals surface area contributed by atoms with Crippen molar-refractivity contribution in [2.75, 3.05) is 0 Å². The summed E-state index contributed by atoms with van der Waals surface area (Å²) in [4.78, 5) is 33.3. The highest BCUT2D eigenvalue weighted by Crippen LogP contribution is 2.27. The molecule has 1 rings (SSSR count). The van der Waals surface area contributed by atoms with Gasteiger partial charge in [-0.1, -0.05) is 0 Å². The molecular weight excluding hydrogens is 272 g/mol. The first-order valence-corrected chi connectivity index (χ1v) is 6.07. The number of ether oxygens (including phenoxy) is 4. The van der Waals surface area contributed by atoms with Crippen LogP contribution in [0.3, 0.4) is 0 Å². The molecule has 1 aliphatic rings. The smallest absolute Gasteiger partial charge is 0.303 e. The average Bonchev–Trinajstić information content (AvgIpc) is 2.27. The number of aliphatic hydroxyl groups is 1. The van der Waals surface area contributed by atoms with Crippen LogP contribution >= 0.6 is 0 Å². The molecule has 1 saturated heterocycles. The van der Waals surface area contributed by atoms with Gasteiger partial charge in [-0.2, -0.15) is 0 Å². The van der Waals surface area contributed by atoms with Crippen molar-refractivity contribution in [3.05, 3.63) is 0 Å². The van der Waals surface area contributed by atoms with Crippen LogP contribution < -0.4 is 0 Å². The van der Waals surface area contributed by atoms with Crippen molar-refractivity contribution >= 4 is 17.9 Å². The van der Waals surface area contributed by atoms with Crippen LogP contribution in [0.2, 0.25) is 0 Å². The lowest BCUT2D eigenvalue weighted by Gasteiger charge is -2.41. The van der Waals surface area contributed by atoms with Crippen LogP contribution in [-0.2, 0) is 33.3 Å². The maximum atomic E-state index is 11.2. The number of esters is 3. The monoisotopic (exact) mass is 290 g/mol. The molecule has 0 aromatic heterocycles. The van der Waals surface area contributed by atoms with E-state index < -0.39 is 48.6 Å². The number of carbonyl (C=O) groups is 3. The van der Waals surface area contributed by atoms with Gasteiger partial charge in [-0.15, -0.1) is 0 Å². The number of rotatable bonds is 3. The molecule has 0 aliphatic carbocycles. The molecule has 114 valence electrons. The standard InChI is InChI=1S/C12H18O8/c1-5-9(18-6(2)13)10(19-7(3)14)11(12(16)17-5)20-8(4)15/h5,9-12,16H,1-4H3/t5-,9?,10-,11-,12?/m1/s1. The van der Waals surface area contributed by atoms with E-state index in [9.17, 15) is 19.5 Å². The zero-order valence-electron chi connectivity index (χ0n) is 11.7. The van der Waals surface area contributed by atoms with E-state index in [1.807, 2.05) is 0 Å². The fourth-order valence-corrected chi connectivity index (χ4v) is 1.99. The van der Waals surface area contributed by atoms with Gasteiger partial charge in [-0.3, -0.25) is 14.4 Å². The minimum Gasteiger partial charge on any atom is -0.456 e. The molecule has 2 unspecified atom stereocenters. The first-order valence-electron chi connectivity index (χ1n) is 6.07. The Morgan fingerprint density at radius 1 is 0.850 bits per heavy atom. The van der Waals surface area contributed by atoms with Crippen LogP contribution in [0.15, 0.2) is 0 Å². The lowest BCUT2D eigenvalue weighted by atomic mass is 9.99. The Labute approximate surface area is 115 Å². The van der Waals surface area contributed by atoms with E-state index in [0.29, 0.717) is 0 Å². The summed E-state index contributed by atoms with van der Waals surface area (Å²) in [5, 5.41) is 9.79. The second-order valence-electron chi connectivity index (χ2n) is 4.45. The highest BCUT2D eigenvalue weighted by molar-refractivity contribution is 5.68. The van der Waals surface area contributed by atoms with Crippen molar-refractivity contribution < 1.29 is 38.4 Å². The van der Waals surface area contributed by atoms with Gasteiger partial charge in [0.1, 0.15) is 0 Å². The second kappa shape index (κ2) is 6.67. The third kappa shape index (κ3) is 4.17. The van der Waals surface area contributed by atoms with E-state index in [-0.39, 0.29) is 0 Å². The van der Waals surface area contributed by atoms with E-state index in [1.165, 1.54) is 13.8 Å². The molecule has 0 saturated carbocycles. The topological polar surface area (TPSA) is 108 Å². The van der Waals surface area contributed by atoms with E-state index in [2.05, 4.69) is 0 Å². The van der Waals surface area contributed by atoms with Crippen molar-refractivity contribution in [1.82, 2.24) is 0 Å². The summed E-state index contributed by atoms with van der Waals surface area (Å²) >= 11 is 0. The molecule has 0 radical (unpaired) electrons. The number of hydrogen-bond donors (Lipinski definition) is 1. The van der Waals surface area contributed by atoms with Crippen LogP contribution in [-0.4, -0.2) is 53.7 Å². The Balaban J connectivity index is 3.01. The fraction of sp³-hybridized carbons (Fsp3) is 0.750. The third-order valence-electron chi connectivity index (χ3n) is 2.65. The molecule has 1 aliphatic heterocycles. The van der Waals surface area contributed by atoms with Crippen LogP contribution in [0.5, 0.6) is 0 Å². The largest absolute Gasteiger partial charge is 0.456 e. The normalized spacial score (nSPS) is 33.1. The van der Waals surface area contributed by atoms with E-state index in [0.717, 1.165) is 13.8 Å². The van der Waals surface area contributed by atoms with Crippen LogP contribution in [0.1, 0.15) is 27.7 Å². The van der Waals surface area contributed by atoms with Crippen LogP contribution in [0.25, 0.3) is 0 Å². The number of carbonyl (C=O) groups excluding carboxylic acids is 3. The quantitative estimate of drug-likeness (QED) is 0.548. The molecule has 1 N–H and O–H groups in total. The average molecular weight is 290 g/mol. The van der Waals surface area contributed by atoms with Gasteiger partial charge in [0.25, 0.3) is 0 Å². The molecule has 0 aromatic carbocycles. The maximum absolute atomic E-state index is 11.2. The molecule has 0 bridgehead atoms. The summed E-state index contributed by atoms with van der Waals surface area (Å²) in [7, 11) is 0. The van der Waals surface area contributed by atoms with E-state index >= 15 is 0 Å². The van der Waals surface area contributed by atoms with Gasteiger partial charge in [0.15, 0.2) is 24.6 Å². The summed E-state index contributed by atoms with van der Waals surface area (Å²) < 4.78 is 20.1. The van der Waals surface area contributed by atoms with E-state index in [4.69, 9.17) is 18.9 Å². The summed E-state index contributed by atoms with van der Waals surface area (Å²) in [6.07, 6.45) is -5.60. The lowest BCUT2D eigenvalue weighted by molar-refractivity contribution is -0.288. The molecule has 0 spiro atoms. The molecule has 8 nitrogen and oxygen atoms in total. The van der Waals surface area contributed by atoms with Gasteiger partial charge in [0.2, 0.25) is 0 Å². The van der Waals surface area contributed by atoms with Crippen molar-refractivity contribution in [2.45, 2.75) is 58.4 Å². The Morgan fingerprint density at radius 3 is 1.70 bits per heavy atom. The molecule has 1 heterocycles. The predicted octanol–water partition coefficient (Wildman–Crippen LogP) is -0.481. The molecule has 8 heteroatoms. The summed E-state index contributed by atoms with van der Waals surface area (Å²) in [6.45, 7) is 5.01. The SMILES string of the molecule is CC(=O)OC1[C@@H](OC(C)=O)[C@@H](OC(C)=O)C(O)O[C@@H]1C. The zero-order valence-corrected chi connectivity index (χ0v) is 11.7. The molecule has 20 heavy (non-hydrogen) atoms. The summed E-state index contributed by atoms with van der Waals surface area (Å²) in [6, 6.07) is 0. The fourth-order valence-electron chi connectivity index (χ4n) is 1.99.